The monoisotopic (exact) mass is 467 g/mol. The van der Waals surface area contributed by atoms with E-state index in [1.54, 1.807) is 72.8 Å². The molecule has 5 aromatic carbocycles. The summed E-state index contributed by atoms with van der Waals surface area (Å²) in [6, 6.07) is 21.5. The van der Waals surface area contributed by atoms with Crippen LogP contribution in [0, 0.1) is 0 Å². The van der Waals surface area contributed by atoms with Crippen LogP contribution in [0.25, 0.3) is 43.7 Å². The molecular formula is C27H14ClNO5. The van der Waals surface area contributed by atoms with Crippen LogP contribution >= 0.6 is 11.6 Å². The molecule has 34 heavy (non-hydrogen) atoms. The molecule has 1 aromatic heterocycles. The lowest BCUT2D eigenvalue weighted by molar-refractivity contribution is 0.0737. The highest BCUT2D eigenvalue weighted by Gasteiger charge is 2.22. The number of nitrogens with one attached hydrogen (secondary N) is 1. The third kappa shape index (κ3) is 3.08. The van der Waals surface area contributed by atoms with E-state index >= 15 is 0 Å². The molecule has 1 heterocycles. The molecule has 0 aliphatic carbocycles. The topological polar surface area (TPSA) is 89.4 Å². The first-order chi connectivity index (χ1) is 16.5. The van der Waals surface area contributed by atoms with Gasteiger partial charge in [-0.05, 0) is 24.3 Å². The molecule has 6 aromatic rings. The molecule has 0 saturated heterocycles. The van der Waals surface area contributed by atoms with Crippen molar-refractivity contribution in [2.45, 2.75) is 0 Å². The maximum Gasteiger partial charge on any atom is 0.343 e. The maximum absolute atomic E-state index is 13.6. The summed E-state index contributed by atoms with van der Waals surface area (Å²) >= 11 is 6.11. The fourth-order valence-corrected chi connectivity index (χ4v) is 4.35. The van der Waals surface area contributed by atoms with Crippen LogP contribution in [0.1, 0.15) is 10.4 Å². The number of esters is 1. The van der Waals surface area contributed by atoms with E-state index in [9.17, 15) is 14.4 Å². The molecule has 6 rings (SSSR count). The Morgan fingerprint density at radius 1 is 0.794 bits per heavy atom. The maximum atomic E-state index is 13.6. The minimum atomic E-state index is -0.658. The van der Waals surface area contributed by atoms with Gasteiger partial charge in [-0.2, -0.15) is 0 Å². The zero-order valence-electron chi connectivity index (χ0n) is 17.4. The number of halogens is 1. The Bertz CT molecular complexity index is 1900. The van der Waals surface area contributed by atoms with Crippen molar-refractivity contribution >= 4 is 61.3 Å². The number of carbonyl (C=O) groups excluding carboxylic acids is 1. The van der Waals surface area contributed by atoms with Gasteiger partial charge in [-0.25, -0.2) is 4.79 Å². The van der Waals surface area contributed by atoms with Gasteiger partial charge in [0.1, 0.15) is 5.75 Å². The number of hydrogen-bond acceptors (Lipinski definition) is 5. The van der Waals surface area contributed by atoms with Crippen LogP contribution in [0.3, 0.4) is 0 Å². The Kier molecular flexibility index (Phi) is 4.50. The van der Waals surface area contributed by atoms with E-state index in [-0.39, 0.29) is 38.3 Å². The van der Waals surface area contributed by atoms with Gasteiger partial charge in [-0.3, -0.25) is 9.59 Å². The number of rotatable bonds is 2. The number of H-pyrrole nitrogens is 1. The van der Waals surface area contributed by atoms with Crippen molar-refractivity contribution in [2.75, 3.05) is 0 Å². The van der Waals surface area contributed by atoms with E-state index in [2.05, 4.69) is 4.98 Å². The molecule has 0 spiro atoms. The van der Waals surface area contributed by atoms with Crippen LogP contribution in [0.2, 0.25) is 5.02 Å². The number of aromatic amines is 1. The Balaban J connectivity index is 1.76. The van der Waals surface area contributed by atoms with Crippen molar-refractivity contribution < 1.29 is 13.9 Å². The molecule has 1 N–H and O–H groups in total. The van der Waals surface area contributed by atoms with Crippen molar-refractivity contribution in [1.82, 2.24) is 4.98 Å². The minimum absolute atomic E-state index is 0.0141. The molecule has 7 heteroatoms. The second-order valence-corrected chi connectivity index (χ2v) is 8.26. The molecule has 0 bridgehead atoms. The van der Waals surface area contributed by atoms with Gasteiger partial charge < -0.3 is 14.1 Å². The fourth-order valence-electron chi connectivity index (χ4n) is 4.19. The second-order valence-electron chi connectivity index (χ2n) is 7.82. The van der Waals surface area contributed by atoms with Crippen molar-refractivity contribution in [1.29, 1.82) is 0 Å². The van der Waals surface area contributed by atoms with Gasteiger partial charge in [0.2, 0.25) is 0 Å². The summed E-state index contributed by atoms with van der Waals surface area (Å²) in [7, 11) is 0. The number of carbonyl (C=O) groups is 1. The Hall–Kier alpha value is -4.42. The molecule has 0 unspecified atom stereocenters. The number of fused-ring (bicyclic) bond motifs is 5. The highest BCUT2D eigenvalue weighted by Crippen LogP contribution is 2.33. The van der Waals surface area contributed by atoms with Gasteiger partial charge >= 0.3 is 5.97 Å². The Morgan fingerprint density at radius 2 is 1.47 bits per heavy atom. The van der Waals surface area contributed by atoms with Crippen molar-refractivity contribution in [3.05, 3.63) is 110 Å². The van der Waals surface area contributed by atoms with Crippen molar-refractivity contribution in [2.24, 2.45) is 0 Å². The quantitative estimate of drug-likeness (QED) is 0.150. The highest BCUT2D eigenvalue weighted by molar-refractivity contribution is 6.31. The molecule has 0 aliphatic rings. The first kappa shape index (κ1) is 20.2. The summed E-state index contributed by atoms with van der Waals surface area (Å²) in [5, 5.41) is 1.11. The number of benzene rings is 5. The molecule has 6 nitrogen and oxygen atoms in total. The third-order valence-corrected chi connectivity index (χ3v) is 6.00. The minimum Gasteiger partial charge on any atom is -0.453 e. The average molecular weight is 468 g/mol. The Morgan fingerprint density at radius 3 is 2.21 bits per heavy atom. The molecule has 0 amide bonds. The third-order valence-electron chi connectivity index (χ3n) is 5.76. The van der Waals surface area contributed by atoms with Crippen LogP contribution < -0.4 is 15.6 Å². The van der Waals surface area contributed by atoms with Crippen LogP contribution in [-0.2, 0) is 0 Å². The predicted molar refractivity (Wildman–Crippen MR) is 132 cm³/mol. The lowest BCUT2D eigenvalue weighted by Crippen LogP contribution is -2.16. The summed E-state index contributed by atoms with van der Waals surface area (Å²) in [6.07, 6.45) is 0. The van der Waals surface area contributed by atoms with Crippen molar-refractivity contribution in [3.8, 4) is 5.75 Å². The molecule has 0 atom stereocenters. The fraction of sp³-hybridized carbons (Fsp3) is 0. The van der Waals surface area contributed by atoms with Crippen LogP contribution in [0.15, 0.2) is 92.9 Å². The largest absolute Gasteiger partial charge is 0.453 e. The SMILES string of the molecule is O=C(Oc1cc2oc3cc(Cl)ccc3[nH]c2c2c(=O)c3ccccc3c(=O)c12)c1ccccc1. The lowest BCUT2D eigenvalue weighted by Gasteiger charge is -2.12. The number of aromatic nitrogens is 1. The standard InChI is InChI=1S/C27H14ClNO5/c28-15-10-11-18-19(12-15)33-21-13-20(34-27(32)14-6-2-1-3-7-14)22-23(24(21)29-18)26(31)17-9-5-4-8-16(17)25(22)30/h1-13,29H. The molecule has 164 valence electrons. The van der Waals surface area contributed by atoms with Gasteiger partial charge in [0.15, 0.2) is 22.0 Å². The molecule has 0 fully saturated rings. The second kappa shape index (κ2) is 7.57. The van der Waals surface area contributed by atoms with Crippen molar-refractivity contribution in [3.63, 3.8) is 0 Å². The zero-order valence-corrected chi connectivity index (χ0v) is 18.2. The summed E-state index contributed by atoms with van der Waals surface area (Å²) in [6.45, 7) is 0. The van der Waals surface area contributed by atoms with E-state index in [1.165, 1.54) is 6.07 Å². The van der Waals surface area contributed by atoms with E-state index in [0.29, 0.717) is 27.2 Å². The van der Waals surface area contributed by atoms with E-state index in [0.717, 1.165) is 0 Å². The van der Waals surface area contributed by atoms with E-state index in [1.807, 2.05) is 0 Å². The molecule has 0 saturated carbocycles. The summed E-state index contributed by atoms with van der Waals surface area (Å²) < 4.78 is 11.7. The molecule has 0 radical (unpaired) electrons. The van der Waals surface area contributed by atoms with Gasteiger partial charge in [-0.15, -0.1) is 0 Å². The van der Waals surface area contributed by atoms with Crippen LogP contribution in [0.5, 0.6) is 5.75 Å². The number of ether oxygens (including phenoxy) is 1. The van der Waals surface area contributed by atoms with Gasteiger partial charge in [0.25, 0.3) is 0 Å². The predicted octanol–water partition coefficient (Wildman–Crippen LogP) is 5.81. The first-order valence-electron chi connectivity index (χ1n) is 10.4. The van der Waals surface area contributed by atoms with E-state index < -0.39 is 11.4 Å². The first-order valence-corrected chi connectivity index (χ1v) is 10.8. The molecule has 0 aliphatic heterocycles. The van der Waals surface area contributed by atoms with Crippen LogP contribution in [-0.4, -0.2) is 11.0 Å². The highest BCUT2D eigenvalue weighted by atomic mass is 35.5. The summed E-state index contributed by atoms with van der Waals surface area (Å²) in [4.78, 5) is 43.2. The Labute approximate surface area is 196 Å². The van der Waals surface area contributed by atoms with Gasteiger partial charge in [-0.1, -0.05) is 54.1 Å². The molecular weight excluding hydrogens is 454 g/mol. The average Bonchev–Trinajstić information content (AvgIpc) is 2.86. The summed E-state index contributed by atoms with van der Waals surface area (Å²) in [5.74, 6) is -0.711. The van der Waals surface area contributed by atoms with Gasteiger partial charge in [0, 0.05) is 27.9 Å². The zero-order chi connectivity index (χ0) is 23.4. The van der Waals surface area contributed by atoms with Crippen LogP contribution in [0.4, 0.5) is 0 Å². The van der Waals surface area contributed by atoms with Gasteiger partial charge in [0.05, 0.1) is 27.4 Å². The normalized spacial score (nSPS) is 11.4. The number of hydrogen-bond donors (Lipinski definition) is 1. The lowest BCUT2D eigenvalue weighted by atomic mass is 10.00. The summed E-state index contributed by atoms with van der Waals surface area (Å²) in [5.41, 5.74) is 1.13. The smallest absolute Gasteiger partial charge is 0.343 e. The van der Waals surface area contributed by atoms with E-state index in [4.69, 9.17) is 20.8 Å².